The Morgan fingerprint density at radius 1 is 1.32 bits per heavy atom. The highest BCUT2D eigenvalue weighted by Gasteiger charge is 2.28. The van der Waals surface area contributed by atoms with Crippen LogP contribution in [0.1, 0.15) is 30.5 Å². The van der Waals surface area contributed by atoms with Crippen molar-refractivity contribution in [3.63, 3.8) is 0 Å². The number of hydrogen-bond acceptors (Lipinski definition) is 3. The molecule has 1 aliphatic heterocycles. The van der Waals surface area contributed by atoms with E-state index in [4.69, 9.17) is 4.74 Å². The lowest BCUT2D eigenvalue weighted by Gasteiger charge is -2.35. The van der Waals surface area contributed by atoms with E-state index in [1.807, 2.05) is 7.05 Å². The Kier molecular flexibility index (Phi) is 4.97. The van der Waals surface area contributed by atoms with Crippen LogP contribution in [-0.4, -0.2) is 44.3 Å². The van der Waals surface area contributed by atoms with Crippen LogP contribution in [0.25, 0.3) is 0 Å². The second-order valence-electron chi connectivity index (χ2n) is 5.60. The third-order valence-corrected chi connectivity index (χ3v) is 4.35. The first kappa shape index (κ1) is 14.5. The number of hydrogen-bond donors (Lipinski definition) is 1. The number of likely N-dealkylation sites (N-methyl/N-ethyl adjacent to an activating group) is 2. The molecule has 19 heavy (non-hydrogen) atoms. The first-order valence-electron chi connectivity index (χ1n) is 7.17. The summed E-state index contributed by atoms with van der Waals surface area (Å²) in [5.41, 5.74) is 2.66. The van der Waals surface area contributed by atoms with Gasteiger partial charge in [0.05, 0.1) is 6.61 Å². The smallest absolute Gasteiger partial charge is 0.0622 e. The summed E-state index contributed by atoms with van der Waals surface area (Å²) >= 11 is 0. The minimum absolute atomic E-state index is 0.353. The van der Waals surface area contributed by atoms with E-state index < -0.39 is 0 Å². The van der Waals surface area contributed by atoms with Crippen molar-refractivity contribution in [3.05, 3.63) is 35.4 Å². The van der Waals surface area contributed by atoms with Gasteiger partial charge in [-0.15, -0.1) is 0 Å². The third kappa shape index (κ3) is 3.35. The topological polar surface area (TPSA) is 24.5 Å². The van der Waals surface area contributed by atoms with Gasteiger partial charge in [-0.2, -0.15) is 0 Å². The van der Waals surface area contributed by atoms with Gasteiger partial charge in [-0.3, -0.25) is 4.90 Å². The molecule has 1 aliphatic rings. The van der Waals surface area contributed by atoms with Gasteiger partial charge in [0.1, 0.15) is 0 Å². The van der Waals surface area contributed by atoms with Crippen molar-refractivity contribution in [2.75, 3.05) is 27.3 Å². The largest absolute Gasteiger partial charge is 0.380 e. The number of benzene rings is 1. The van der Waals surface area contributed by atoms with E-state index in [-0.39, 0.29) is 0 Å². The number of nitrogens with zero attached hydrogens (tertiary/aromatic N) is 1. The van der Waals surface area contributed by atoms with Crippen LogP contribution < -0.4 is 5.32 Å². The SMILES string of the molecule is CNC(c1ccc(C)cc1)C(C)N(C)C1CCOC1. The lowest BCUT2D eigenvalue weighted by Crippen LogP contribution is -2.45. The predicted molar refractivity (Wildman–Crippen MR) is 79.4 cm³/mol. The fraction of sp³-hybridized carbons (Fsp3) is 0.625. The van der Waals surface area contributed by atoms with Crippen LogP contribution in [0.2, 0.25) is 0 Å². The van der Waals surface area contributed by atoms with Crippen molar-refractivity contribution >= 4 is 0 Å². The second-order valence-corrected chi connectivity index (χ2v) is 5.60. The zero-order valence-electron chi connectivity index (χ0n) is 12.5. The first-order chi connectivity index (χ1) is 9.13. The van der Waals surface area contributed by atoms with E-state index in [1.54, 1.807) is 0 Å². The molecule has 0 aromatic heterocycles. The fourth-order valence-corrected chi connectivity index (χ4v) is 2.87. The van der Waals surface area contributed by atoms with Gasteiger partial charge < -0.3 is 10.1 Å². The minimum atomic E-state index is 0.353. The van der Waals surface area contributed by atoms with Crippen molar-refractivity contribution in [3.8, 4) is 0 Å². The summed E-state index contributed by atoms with van der Waals surface area (Å²) in [6.45, 7) is 6.19. The predicted octanol–water partition coefficient (Wildman–Crippen LogP) is 2.36. The van der Waals surface area contributed by atoms with Gasteiger partial charge in [0.15, 0.2) is 0 Å². The highest BCUT2D eigenvalue weighted by molar-refractivity contribution is 5.25. The Hall–Kier alpha value is -0.900. The monoisotopic (exact) mass is 262 g/mol. The highest BCUT2D eigenvalue weighted by Crippen LogP contribution is 2.24. The summed E-state index contributed by atoms with van der Waals surface area (Å²) < 4.78 is 5.50. The van der Waals surface area contributed by atoms with Crippen LogP contribution >= 0.6 is 0 Å². The van der Waals surface area contributed by atoms with Crippen molar-refractivity contribution < 1.29 is 4.74 Å². The molecule has 3 nitrogen and oxygen atoms in total. The number of rotatable bonds is 5. The van der Waals surface area contributed by atoms with E-state index in [0.717, 1.165) is 19.6 Å². The molecular weight excluding hydrogens is 236 g/mol. The number of aryl methyl sites for hydroxylation is 1. The molecule has 0 bridgehead atoms. The van der Waals surface area contributed by atoms with Crippen LogP contribution in [0, 0.1) is 6.92 Å². The summed E-state index contributed by atoms with van der Waals surface area (Å²) in [6.07, 6.45) is 1.14. The van der Waals surface area contributed by atoms with E-state index in [2.05, 4.69) is 55.4 Å². The molecule has 3 atom stereocenters. The van der Waals surface area contributed by atoms with Crippen LogP contribution in [0.15, 0.2) is 24.3 Å². The molecular formula is C16H26N2O. The van der Waals surface area contributed by atoms with Crippen molar-refractivity contribution in [2.24, 2.45) is 0 Å². The Morgan fingerprint density at radius 2 is 2.00 bits per heavy atom. The van der Waals surface area contributed by atoms with Crippen LogP contribution in [0.4, 0.5) is 0 Å². The minimum Gasteiger partial charge on any atom is -0.380 e. The second kappa shape index (κ2) is 6.51. The molecule has 1 heterocycles. The molecule has 2 rings (SSSR count). The Morgan fingerprint density at radius 3 is 2.53 bits per heavy atom. The zero-order chi connectivity index (χ0) is 13.8. The molecule has 3 heteroatoms. The van der Waals surface area contributed by atoms with E-state index in [9.17, 15) is 0 Å². The summed E-state index contributed by atoms with van der Waals surface area (Å²) in [4.78, 5) is 2.45. The maximum atomic E-state index is 5.50. The molecule has 1 aromatic carbocycles. The highest BCUT2D eigenvalue weighted by atomic mass is 16.5. The standard InChI is InChI=1S/C16H26N2O/c1-12-5-7-14(8-6-12)16(17-3)13(2)18(4)15-9-10-19-11-15/h5-8,13,15-17H,9-11H2,1-4H3. The molecule has 0 spiro atoms. The normalized spacial score (nSPS) is 22.7. The Bertz CT molecular complexity index is 384. The average molecular weight is 262 g/mol. The van der Waals surface area contributed by atoms with E-state index in [0.29, 0.717) is 18.1 Å². The zero-order valence-corrected chi connectivity index (χ0v) is 12.5. The molecule has 106 valence electrons. The third-order valence-electron chi connectivity index (χ3n) is 4.35. The molecule has 3 unspecified atom stereocenters. The van der Waals surface area contributed by atoms with Gasteiger partial charge in [0.25, 0.3) is 0 Å². The van der Waals surface area contributed by atoms with Crippen LogP contribution in [0.5, 0.6) is 0 Å². The summed E-state index contributed by atoms with van der Waals surface area (Å²) in [7, 11) is 4.25. The number of nitrogens with one attached hydrogen (secondary N) is 1. The van der Waals surface area contributed by atoms with Crippen molar-refractivity contribution in [1.82, 2.24) is 10.2 Å². The molecule has 1 saturated heterocycles. The van der Waals surface area contributed by atoms with Gasteiger partial charge in [0, 0.05) is 24.7 Å². The van der Waals surface area contributed by atoms with E-state index >= 15 is 0 Å². The lowest BCUT2D eigenvalue weighted by molar-refractivity contribution is 0.122. The van der Waals surface area contributed by atoms with Gasteiger partial charge in [-0.1, -0.05) is 29.8 Å². The maximum Gasteiger partial charge on any atom is 0.0622 e. The van der Waals surface area contributed by atoms with Crippen molar-refractivity contribution in [1.29, 1.82) is 0 Å². The maximum absolute atomic E-state index is 5.50. The molecule has 0 amide bonds. The van der Waals surface area contributed by atoms with Gasteiger partial charge in [-0.25, -0.2) is 0 Å². The molecule has 0 saturated carbocycles. The van der Waals surface area contributed by atoms with Gasteiger partial charge in [0.2, 0.25) is 0 Å². The Labute approximate surface area is 116 Å². The molecule has 1 fully saturated rings. The van der Waals surface area contributed by atoms with E-state index in [1.165, 1.54) is 11.1 Å². The first-order valence-corrected chi connectivity index (χ1v) is 7.17. The quantitative estimate of drug-likeness (QED) is 0.881. The van der Waals surface area contributed by atoms with Crippen LogP contribution in [0.3, 0.4) is 0 Å². The summed E-state index contributed by atoms with van der Waals surface area (Å²) in [5.74, 6) is 0. The molecule has 0 aliphatic carbocycles. The van der Waals surface area contributed by atoms with Gasteiger partial charge >= 0.3 is 0 Å². The van der Waals surface area contributed by atoms with Crippen LogP contribution in [-0.2, 0) is 4.74 Å². The summed E-state index contributed by atoms with van der Waals surface area (Å²) in [6, 6.07) is 10.2. The number of ether oxygens (including phenoxy) is 1. The van der Waals surface area contributed by atoms with Gasteiger partial charge in [-0.05, 0) is 39.9 Å². The summed E-state index contributed by atoms with van der Waals surface area (Å²) in [5, 5.41) is 3.46. The fourth-order valence-electron chi connectivity index (χ4n) is 2.87. The lowest BCUT2D eigenvalue weighted by atomic mass is 9.97. The average Bonchev–Trinajstić information content (AvgIpc) is 2.94. The van der Waals surface area contributed by atoms with Crippen molar-refractivity contribution in [2.45, 2.75) is 38.4 Å². The molecule has 1 N–H and O–H groups in total. The Balaban J connectivity index is 2.09. The molecule has 0 radical (unpaired) electrons. The molecule has 1 aromatic rings.